The topological polar surface area (TPSA) is 72.2 Å². The zero-order valence-corrected chi connectivity index (χ0v) is 8.67. The summed E-state index contributed by atoms with van der Waals surface area (Å²) in [4.78, 5) is 0.101. The molecule has 0 aliphatic heterocycles. The van der Waals surface area contributed by atoms with E-state index in [1.54, 1.807) is 0 Å². The molecule has 82 valence electrons. The maximum absolute atomic E-state index is 11.6. The van der Waals surface area contributed by atoms with Crippen molar-refractivity contribution in [2.24, 2.45) is 0 Å². The summed E-state index contributed by atoms with van der Waals surface area (Å²) in [6.07, 6.45) is 1.35. The van der Waals surface area contributed by atoms with Crippen LogP contribution in [0.4, 0.5) is 10.1 Å². The van der Waals surface area contributed by atoms with Gasteiger partial charge in [-0.15, -0.1) is 0 Å². The molecule has 1 aromatic carbocycles. The predicted molar refractivity (Wildman–Crippen MR) is 56.3 cm³/mol. The fraction of sp³-hybridized carbons (Fsp3) is 0.111. The maximum Gasteiger partial charge on any atom is 0.240 e. The highest BCUT2D eigenvalue weighted by Crippen LogP contribution is 2.10. The molecule has 0 spiro atoms. The zero-order valence-electron chi connectivity index (χ0n) is 7.85. The zero-order chi connectivity index (χ0) is 11.3. The number of sulfonamides is 1. The lowest BCUT2D eigenvalue weighted by molar-refractivity contribution is 0.585. The Morgan fingerprint density at radius 3 is 2.47 bits per heavy atom. The molecular formula is C9H11FN2O2S. The van der Waals surface area contributed by atoms with Crippen molar-refractivity contribution in [1.29, 1.82) is 0 Å². The summed E-state index contributed by atoms with van der Waals surface area (Å²) in [5.41, 5.74) is 5.90. The van der Waals surface area contributed by atoms with Crippen molar-refractivity contribution in [2.45, 2.75) is 4.90 Å². The van der Waals surface area contributed by atoms with Crippen LogP contribution in [0.5, 0.6) is 0 Å². The molecule has 15 heavy (non-hydrogen) atoms. The van der Waals surface area contributed by atoms with Crippen LogP contribution in [0, 0.1) is 0 Å². The highest BCUT2D eigenvalue weighted by atomic mass is 32.2. The van der Waals surface area contributed by atoms with Crippen LogP contribution in [0.25, 0.3) is 0 Å². The van der Waals surface area contributed by atoms with Crippen molar-refractivity contribution in [1.82, 2.24) is 4.72 Å². The Morgan fingerprint density at radius 1 is 1.33 bits per heavy atom. The molecule has 0 radical (unpaired) electrons. The lowest BCUT2D eigenvalue weighted by Crippen LogP contribution is -2.23. The number of nitrogens with one attached hydrogen (secondary N) is 1. The number of hydrogen-bond donors (Lipinski definition) is 2. The third kappa shape index (κ3) is 3.34. The van der Waals surface area contributed by atoms with Gasteiger partial charge in [0.15, 0.2) is 0 Å². The molecule has 0 fully saturated rings. The third-order valence-electron chi connectivity index (χ3n) is 1.67. The number of benzene rings is 1. The first-order valence-corrected chi connectivity index (χ1v) is 5.65. The van der Waals surface area contributed by atoms with E-state index in [2.05, 4.69) is 4.72 Å². The molecule has 0 saturated heterocycles. The van der Waals surface area contributed by atoms with E-state index in [4.69, 9.17) is 5.73 Å². The third-order valence-corrected chi connectivity index (χ3v) is 3.11. The molecule has 6 heteroatoms. The maximum atomic E-state index is 11.6. The van der Waals surface area contributed by atoms with Crippen LogP contribution in [0.1, 0.15) is 0 Å². The molecular weight excluding hydrogens is 219 g/mol. The minimum Gasteiger partial charge on any atom is -0.399 e. The van der Waals surface area contributed by atoms with E-state index in [0.717, 1.165) is 6.08 Å². The minimum atomic E-state index is -3.57. The quantitative estimate of drug-likeness (QED) is 0.759. The molecule has 1 rings (SSSR count). The van der Waals surface area contributed by atoms with Gasteiger partial charge >= 0.3 is 0 Å². The lowest BCUT2D eigenvalue weighted by Gasteiger charge is -2.04. The monoisotopic (exact) mass is 230 g/mol. The van der Waals surface area contributed by atoms with Gasteiger partial charge in [-0.2, -0.15) is 0 Å². The van der Waals surface area contributed by atoms with Crippen molar-refractivity contribution in [3.63, 3.8) is 0 Å². The van der Waals surface area contributed by atoms with Gasteiger partial charge in [-0.3, -0.25) is 0 Å². The van der Waals surface area contributed by atoms with Crippen molar-refractivity contribution < 1.29 is 12.8 Å². The fourth-order valence-electron chi connectivity index (χ4n) is 0.933. The van der Waals surface area contributed by atoms with Crippen molar-refractivity contribution in [2.75, 3.05) is 12.3 Å². The van der Waals surface area contributed by atoms with Gasteiger partial charge in [0.25, 0.3) is 0 Å². The first-order chi connectivity index (χ1) is 7.06. The SMILES string of the molecule is Nc1ccc(S(=O)(=O)NCC=CF)cc1. The van der Waals surface area contributed by atoms with E-state index < -0.39 is 10.0 Å². The van der Waals surface area contributed by atoms with Gasteiger partial charge in [0, 0.05) is 12.2 Å². The molecule has 0 unspecified atom stereocenters. The number of rotatable bonds is 4. The Balaban J connectivity index is 2.82. The highest BCUT2D eigenvalue weighted by Gasteiger charge is 2.11. The number of nitrogen functional groups attached to an aromatic ring is 1. The van der Waals surface area contributed by atoms with Crippen LogP contribution in [-0.4, -0.2) is 15.0 Å². The van der Waals surface area contributed by atoms with Gasteiger partial charge in [-0.25, -0.2) is 17.5 Å². The summed E-state index contributed by atoms with van der Waals surface area (Å²) in [6.45, 7) is -0.0801. The molecule has 0 aliphatic rings. The average molecular weight is 230 g/mol. The van der Waals surface area contributed by atoms with Gasteiger partial charge in [-0.05, 0) is 30.3 Å². The van der Waals surface area contributed by atoms with E-state index in [1.807, 2.05) is 0 Å². The van der Waals surface area contributed by atoms with E-state index in [0.29, 0.717) is 5.69 Å². The largest absolute Gasteiger partial charge is 0.399 e. The van der Waals surface area contributed by atoms with Crippen LogP contribution >= 0.6 is 0 Å². The van der Waals surface area contributed by atoms with Gasteiger partial charge in [0.1, 0.15) is 0 Å². The highest BCUT2D eigenvalue weighted by molar-refractivity contribution is 7.89. The predicted octanol–water partition coefficient (Wildman–Crippen LogP) is 1.03. The van der Waals surface area contributed by atoms with Crippen molar-refractivity contribution in [3.8, 4) is 0 Å². The van der Waals surface area contributed by atoms with Crippen LogP contribution in [-0.2, 0) is 10.0 Å². The van der Waals surface area contributed by atoms with Crippen molar-refractivity contribution in [3.05, 3.63) is 36.7 Å². The Kier molecular flexibility index (Phi) is 3.81. The van der Waals surface area contributed by atoms with Crippen LogP contribution in [0.3, 0.4) is 0 Å². The number of nitrogens with two attached hydrogens (primary N) is 1. The van der Waals surface area contributed by atoms with E-state index >= 15 is 0 Å². The summed E-state index contributed by atoms with van der Waals surface area (Å²) < 4.78 is 36.8. The number of anilines is 1. The molecule has 1 aromatic rings. The standard InChI is InChI=1S/C9H11FN2O2S/c10-6-1-7-12-15(13,14)9-4-2-8(11)3-5-9/h1-6,12H,7,11H2. The molecule has 3 N–H and O–H groups in total. The molecule has 0 atom stereocenters. The Morgan fingerprint density at radius 2 is 1.93 bits per heavy atom. The normalized spacial score (nSPS) is 12.1. The Labute approximate surface area is 87.7 Å². The van der Waals surface area contributed by atoms with Gasteiger partial charge in [-0.1, -0.05) is 0 Å². The Bertz CT molecular complexity index is 440. The molecule has 0 bridgehead atoms. The van der Waals surface area contributed by atoms with E-state index in [9.17, 15) is 12.8 Å². The number of halogens is 1. The second kappa shape index (κ2) is 4.90. The van der Waals surface area contributed by atoms with Gasteiger partial charge < -0.3 is 5.73 Å². The summed E-state index contributed by atoms with van der Waals surface area (Å²) >= 11 is 0. The first-order valence-electron chi connectivity index (χ1n) is 4.16. The molecule has 0 aliphatic carbocycles. The van der Waals surface area contributed by atoms with E-state index in [1.165, 1.54) is 24.3 Å². The van der Waals surface area contributed by atoms with Gasteiger partial charge in [0.05, 0.1) is 11.2 Å². The summed E-state index contributed by atoms with van der Waals surface area (Å²) in [5.74, 6) is 0. The second-order valence-corrected chi connectivity index (χ2v) is 4.55. The van der Waals surface area contributed by atoms with Crippen LogP contribution < -0.4 is 10.5 Å². The summed E-state index contributed by atoms with van der Waals surface area (Å²) in [5, 5.41) is 0. The minimum absolute atomic E-state index is 0.0801. The number of hydrogen-bond acceptors (Lipinski definition) is 3. The van der Waals surface area contributed by atoms with E-state index in [-0.39, 0.29) is 17.8 Å². The smallest absolute Gasteiger partial charge is 0.240 e. The Hall–Kier alpha value is -1.40. The van der Waals surface area contributed by atoms with Gasteiger partial charge in [0.2, 0.25) is 10.0 Å². The fourth-order valence-corrected chi connectivity index (χ4v) is 1.91. The molecule has 0 amide bonds. The second-order valence-electron chi connectivity index (χ2n) is 2.78. The molecule has 0 aromatic heterocycles. The van der Waals surface area contributed by atoms with Crippen LogP contribution in [0.2, 0.25) is 0 Å². The molecule has 4 nitrogen and oxygen atoms in total. The molecule has 0 saturated carbocycles. The molecule has 0 heterocycles. The average Bonchev–Trinajstić information content (AvgIpc) is 2.18. The van der Waals surface area contributed by atoms with Crippen LogP contribution in [0.15, 0.2) is 41.6 Å². The summed E-state index contributed by atoms with van der Waals surface area (Å²) in [6, 6.07) is 5.74. The van der Waals surface area contributed by atoms with Crippen molar-refractivity contribution >= 4 is 15.7 Å². The lowest BCUT2D eigenvalue weighted by atomic mass is 10.3. The summed E-state index contributed by atoms with van der Waals surface area (Å²) in [7, 11) is -3.57. The first kappa shape index (κ1) is 11.7.